The number of halogens is 2. The fourth-order valence-corrected chi connectivity index (χ4v) is 1.32. The lowest BCUT2D eigenvalue weighted by Crippen LogP contribution is -2.11. The zero-order valence-corrected chi connectivity index (χ0v) is 8.97. The van der Waals surface area contributed by atoms with Crippen LogP contribution in [0.2, 0.25) is 5.02 Å². The van der Waals surface area contributed by atoms with Gasteiger partial charge in [0, 0.05) is 11.3 Å². The lowest BCUT2D eigenvalue weighted by atomic mass is 10.1. The smallest absolute Gasteiger partial charge is 0.310 e. The van der Waals surface area contributed by atoms with Gasteiger partial charge in [-0.2, -0.15) is 0 Å². The van der Waals surface area contributed by atoms with Crippen LogP contribution >= 0.6 is 11.6 Å². The third-order valence-electron chi connectivity index (χ3n) is 1.86. The van der Waals surface area contributed by atoms with Gasteiger partial charge in [0.15, 0.2) is 0 Å². The third kappa shape index (κ3) is 2.83. The van der Waals surface area contributed by atoms with Crippen LogP contribution in [0.1, 0.15) is 12.5 Å². The maximum absolute atomic E-state index is 13.4. The van der Waals surface area contributed by atoms with Crippen LogP contribution in [0, 0.1) is 5.82 Å². The number of rotatable bonds is 3. The molecule has 82 valence electrons. The number of ether oxygens (including phenoxy) is 1. The highest BCUT2D eigenvalue weighted by Crippen LogP contribution is 2.24. The van der Waals surface area contributed by atoms with Crippen LogP contribution in [-0.4, -0.2) is 12.6 Å². The lowest BCUT2D eigenvalue weighted by Gasteiger charge is -2.07. The SMILES string of the molecule is CCOC(=O)Cc1c(N)ccc(Cl)c1F. The van der Waals surface area contributed by atoms with Crippen LogP contribution in [0.5, 0.6) is 0 Å². The predicted molar refractivity (Wildman–Crippen MR) is 56.2 cm³/mol. The number of carbonyl (C=O) groups is 1. The number of benzene rings is 1. The molecule has 0 unspecified atom stereocenters. The van der Waals surface area contributed by atoms with Gasteiger partial charge in [-0.1, -0.05) is 11.6 Å². The molecule has 0 fully saturated rings. The Bertz CT molecular complexity index is 382. The Labute approximate surface area is 92.0 Å². The van der Waals surface area contributed by atoms with Crippen molar-refractivity contribution < 1.29 is 13.9 Å². The molecule has 1 aromatic rings. The van der Waals surface area contributed by atoms with Crippen molar-refractivity contribution in [3.63, 3.8) is 0 Å². The van der Waals surface area contributed by atoms with Crippen molar-refractivity contribution >= 4 is 23.3 Å². The average molecular weight is 232 g/mol. The van der Waals surface area contributed by atoms with Crippen molar-refractivity contribution in [3.8, 4) is 0 Å². The number of esters is 1. The maximum atomic E-state index is 13.4. The quantitative estimate of drug-likeness (QED) is 0.641. The Morgan fingerprint density at radius 3 is 2.87 bits per heavy atom. The summed E-state index contributed by atoms with van der Waals surface area (Å²) in [5.41, 5.74) is 5.81. The van der Waals surface area contributed by atoms with E-state index in [9.17, 15) is 9.18 Å². The molecule has 0 aromatic heterocycles. The molecule has 0 saturated carbocycles. The van der Waals surface area contributed by atoms with E-state index in [0.717, 1.165) is 0 Å². The molecule has 0 spiro atoms. The Balaban J connectivity index is 2.93. The largest absolute Gasteiger partial charge is 0.466 e. The standard InChI is InChI=1S/C10H11ClFNO2/c1-2-15-9(14)5-6-8(13)4-3-7(11)10(6)12/h3-4H,2,5,13H2,1H3. The van der Waals surface area contributed by atoms with E-state index in [1.165, 1.54) is 12.1 Å². The lowest BCUT2D eigenvalue weighted by molar-refractivity contribution is -0.142. The second-order valence-corrected chi connectivity index (χ2v) is 3.32. The first kappa shape index (κ1) is 11.8. The normalized spacial score (nSPS) is 10.1. The van der Waals surface area contributed by atoms with Crippen LogP contribution < -0.4 is 5.73 Å². The Kier molecular flexibility index (Phi) is 3.91. The van der Waals surface area contributed by atoms with Crippen molar-refractivity contribution in [3.05, 3.63) is 28.5 Å². The topological polar surface area (TPSA) is 52.3 Å². The minimum atomic E-state index is -0.662. The average Bonchev–Trinajstić information content (AvgIpc) is 2.19. The maximum Gasteiger partial charge on any atom is 0.310 e. The molecule has 0 atom stereocenters. The van der Waals surface area contributed by atoms with Gasteiger partial charge in [0.25, 0.3) is 0 Å². The first-order valence-electron chi connectivity index (χ1n) is 4.44. The Morgan fingerprint density at radius 1 is 1.60 bits per heavy atom. The van der Waals surface area contributed by atoms with Crippen molar-refractivity contribution in [2.45, 2.75) is 13.3 Å². The molecule has 0 saturated heterocycles. The van der Waals surface area contributed by atoms with Crippen molar-refractivity contribution in [1.29, 1.82) is 0 Å². The highest BCUT2D eigenvalue weighted by Gasteiger charge is 2.14. The van der Waals surface area contributed by atoms with Crippen LogP contribution in [0.4, 0.5) is 10.1 Å². The van der Waals surface area contributed by atoms with E-state index in [0.29, 0.717) is 0 Å². The summed E-state index contributed by atoms with van der Waals surface area (Å²) in [6.07, 6.45) is -0.202. The van der Waals surface area contributed by atoms with Gasteiger partial charge in [-0.05, 0) is 19.1 Å². The van der Waals surface area contributed by atoms with Gasteiger partial charge in [-0.25, -0.2) is 4.39 Å². The van der Waals surface area contributed by atoms with Crippen LogP contribution in [0.15, 0.2) is 12.1 Å². The van der Waals surface area contributed by atoms with E-state index in [1.54, 1.807) is 6.92 Å². The van der Waals surface area contributed by atoms with Gasteiger partial charge in [0.2, 0.25) is 0 Å². The molecule has 0 aliphatic rings. The van der Waals surface area contributed by atoms with E-state index in [4.69, 9.17) is 22.1 Å². The van der Waals surface area contributed by atoms with Gasteiger partial charge in [0.05, 0.1) is 18.1 Å². The molecule has 0 heterocycles. The first-order valence-corrected chi connectivity index (χ1v) is 4.82. The second kappa shape index (κ2) is 4.98. The van der Waals surface area contributed by atoms with Crippen LogP contribution in [0.25, 0.3) is 0 Å². The van der Waals surface area contributed by atoms with Gasteiger partial charge in [-0.3, -0.25) is 4.79 Å². The fourth-order valence-electron chi connectivity index (χ4n) is 1.14. The number of carbonyl (C=O) groups excluding carboxylic acids is 1. The summed E-state index contributed by atoms with van der Waals surface area (Å²) in [7, 11) is 0. The number of anilines is 1. The summed E-state index contributed by atoms with van der Waals surface area (Å²) in [6, 6.07) is 2.81. The van der Waals surface area contributed by atoms with Gasteiger partial charge in [0.1, 0.15) is 5.82 Å². The van der Waals surface area contributed by atoms with E-state index >= 15 is 0 Å². The van der Waals surface area contributed by atoms with E-state index in [2.05, 4.69) is 0 Å². The fraction of sp³-hybridized carbons (Fsp3) is 0.300. The molecule has 15 heavy (non-hydrogen) atoms. The summed E-state index contributed by atoms with van der Waals surface area (Å²) < 4.78 is 18.1. The molecule has 1 aromatic carbocycles. The molecule has 0 amide bonds. The van der Waals surface area contributed by atoms with Gasteiger partial charge >= 0.3 is 5.97 Å². The zero-order chi connectivity index (χ0) is 11.4. The van der Waals surface area contributed by atoms with Crippen molar-refractivity contribution in [2.24, 2.45) is 0 Å². The summed E-state index contributed by atoms with van der Waals surface area (Å²) >= 11 is 5.56. The van der Waals surface area contributed by atoms with Gasteiger partial charge in [-0.15, -0.1) is 0 Å². The minimum Gasteiger partial charge on any atom is -0.466 e. The molecular formula is C10H11ClFNO2. The summed E-state index contributed by atoms with van der Waals surface area (Å²) in [4.78, 5) is 11.1. The molecule has 0 bridgehead atoms. The first-order chi connectivity index (χ1) is 7.06. The number of hydrogen-bond acceptors (Lipinski definition) is 3. The summed E-state index contributed by atoms with van der Waals surface area (Å²) in [5, 5.41) is -0.0523. The molecular weight excluding hydrogens is 221 g/mol. The molecule has 1 rings (SSSR count). The predicted octanol–water partition coefficient (Wildman–Crippen LogP) is 2.17. The molecule has 0 aliphatic heterocycles. The second-order valence-electron chi connectivity index (χ2n) is 2.91. The number of hydrogen-bond donors (Lipinski definition) is 1. The van der Waals surface area contributed by atoms with Crippen molar-refractivity contribution in [2.75, 3.05) is 12.3 Å². The number of nitrogens with two attached hydrogens (primary N) is 1. The summed E-state index contributed by atoms with van der Waals surface area (Å²) in [6.45, 7) is 1.93. The minimum absolute atomic E-state index is 0.0523. The molecule has 0 aliphatic carbocycles. The molecule has 5 heteroatoms. The molecule has 3 nitrogen and oxygen atoms in total. The Morgan fingerprint density at radius 2 is 2.27 bits per heavy atom. The van der Waals surface area contributed by atoms with E-state index in [1.807, 2.05) is 0 Å². The summed E-state index contributed by atoms with van der Waals surface area (Å²) in [5.74, 6) is -1.19. The third-order valence-corrected chi connectivity index (χ3v) is 2.15. The highest BCUT2D eigenvalue weighted by molar-refractivity contribution is 6.30. The van der Waals surface area contributed by atoms with E-state index in [-0.39, 0.29) is 29.3 Å². The van der Waals surface area contributed by atoms with Gasteiger partial charge < -0.3 is 10.5 Å². The van der Waals surface area contributed by atoms with Crippen molar-refractivity contribution in [1.82, 2.24) is 0 Å². The number of nitrogen functional groups attached to an aromatic ring is 1. The monoisotopic (exact) mass is 231 g/mol. The molecule has 0 radical (unpaired) electrons. The highest BCUT2D eigenvalue weighted by atomic mass is 35.5. The molecule has 2 N–H and O–H groups in total. The Hall–Kier alpha value is -1.29. The van der Waals surface area contributed by atoms with Crippen LogP contribution in [-0.2, 0) is 16.0 Å². The van der Waals surface area contributed by atoms with E-state index < -0.39 is 11.8 Å². The zero-order valence-electron chi connectivity index (χ0n) is 8.22. The van der Waals surface area contributed by atoms with Crippen LogP contribution in [0.3, 0.4) is 0 Å².